The number of nitrogens with zero attached hydrogens (tertiary/aromatic N) is 2. The van der Waals surface area contributed by atoms with Gasteiger partial charge in [-0.3, -0.25) is 0 Å². The molecule has 1 aromatic rings. The molecule has 1 aliphatic rings. The zero-order chi connectivity index (χ0) is 19.0. The number of aliphatic imine (C=N–C) groups is 1. The molecule has 0 spiro atoms. The lowest BCUT2D eigenvalue weighted by Gasteiger charge is -2.33. The predicted octanol–water partition coefficient (Wildman–Crippen LogP) is 2.16. The Bertz CT molecular complexity index is 819. The first-order chi connectivity index (χ1) is 11.4. The number of sulfonamides is 1. The lowest BCUT2D eigenvalue weighted by Crippen LogP contribution is -2.53. The smallest absolute Gasteiger partial charge is 0.437 e. The molecule has 0 aliphatic carbocycles. The zero-order valence-electron chi connectivity index (χ0n) is 14.2. The quantitative estimate of drug-likeness (QED) is 0.813. The molecule has 1 N–H and O–H groups in total. The van der Waals surface area contributed by atoms with Crippen LogP contribution in [0.2, 0.25) is 0 Å². The van der Waals surface area contributed by atoms with Crippen LogP contribution in [0, 0.1) is 11.6 Å². The molecule has 25 heavy (non-hydrogen) atoms. The van der Waals surface area contributed by atoms with E-state index in [2.05, 4.69) is 10.3 Å². The van der Waals surface area contributed by atoms with Gasteiger partial charge in [-0.1, -0.05) is 0 Å². The van der Waals surface area contributed by atoms with Crippen LogP contribution in [-0.4, -0.2) is 43.2 Å². The van der Waals surface area contributed by atoms with E-state index < -0.39 is 45.1 Å². The van der Waals surface area contributed by atoms with Gasteiger partial charge in [-0.2, -0.15) is 0 Å². The first-order valence-corrected chi connectivity index (χ1v) is 9.00. The standard InChI is InChI=1S/C15H19F2N3O4S/c1-15(2,3)24-14(21)19-13-18-12(8-25(22,23)20(13)4)10-7-9(16)5-6-11(10)17/h5-7,12H,8H2,1-4H3,(H,18,19,21)/t12-/m0/s1. The lowest BCUT2D eigenvalue weighted by atomic mass is 10.1. The van der Waals surface area contributed by atoms with Crippen molar-refractivity contribution in [2.24, 2.45) is 4.99 Å². The van der Waals surface area contributed by atoms with E-state index in [1.807, 2.05) is 0 Å². The number of hydrogen-bond donors (Lipinski definition) is 1. The SMILES string of the molecule is CN1/C(=N/C(=O)OC(C)(C)C)N[C@H](c2cc(F)ccc2F)CS1(=O)=O. The largest absolute Gasteiger partial charge is 0.442 e. The molecule has 1 aromatic carbocycles. The number of ether oxygens (including phenoxy) is 1. The summed E-state index contributed by atoms with van der Waals surface area (Å²) in [6.45, 7) is 4.89. The van der Waals surface area contributed by atoms with Crippen LogP contribution >= 0.6 is 0 Å². The number of rotatable bonds is 1. The van der Waals surface area contributed by atoms with Gasteiger partial charge in [-0.05, 0) is 39.0 Å². The van der Waals surface area contributed by atoms with Crippen molar-refractivity contribution in [1.82, 2.24) is 9.62 Å². The van der Waals surface area contributed by atoms with E-state index in [1.165, 1.54) is 7.05 Å². The van der Waals surface area contributed by atoms with E-state index in [0.717, 1.165) is 22.5 Å². The van der Waals surface area contributed by atoms with Gasteiger partial charge in [0.15, 0.2) is 0 Å². The molecule has 7 nitrogen and oxygen atoms in total. The second-order valence-electron chi connectivity index (χ2n) is 6.52. The fourth-order valence-electron chi connectivity index (χ4n) is 2.17. The van der Waals surface area contributed by atoms with Crippen molar-refractivity contribution in [2.45, 2.75) is 32.4 Å². The highest BCUT2D eigenvalue weighted by atomic mass is 32.2. The average Bonchev–Trinajstić information content (AvgIpc) is 2.44. The minimum atomic E-state index is -3.88. The van der Waals surface area contributed by atoms with Crippen LogP contribution in [0.15, 0.2) is 23.2 Å². The number of hydrogen-bond acceptors (Lipinski definition) is 4. The number of guanidine groups is 1. The van der Waals surface area contributed by atoms with E-state index in [4.69, 9.17) is 4.74 Å². The average molecular weight is 375 g/mol. The molecule has 2 rings (SSSR count). The molecule has 0 saturated carbocycles. The van der Waals surface area contributed by atoms with Crippen molar-refractivity contribution in [3.05, 3.63) is 35.4 Å². The molecule has 0 bridgehead atoms. The highest BCUT2D eigenvalue weighted by Crippen LogP contribution is 2.25. The number of nitrogens with one attached hydrogen (secondary N) is 1. The predicted molar refractivity (Wildman–Crippen MR) is 87.5 cm³/mol. The lowest BCUT2D eigenvalue weighted by molar-refractivity contribution is 0.0602. The molecule has 0 radical (unpaired) electrons. The monoisotopic (exact) mass is 375 g/mol. The van der Waals surface area contributed by atoms with Gasteiger partial charge in [0.05, 0.1) is 11.8 Å². The first-order valence-electron chi connectivity index (χ1n) is 7.39. The number of benzene rings is 1. The van der Waals surface area contributed by atoms with Crippen molar-refractivity contribution < 1.29 is 26.7 Å². The zero-order valence-corrected chi connectivity index (χ0v) is 15.0. The molecule has 1 atom stereocenters. The summed E-state index contributed by atoms with van der Waals surface area (Å²) in [6, 6.07) is 1.64. The van der Waals surface area contributed by atoms with E-state index in [9.17, 15) is 22.0 Å². The molecule has 1 heterocycles. The molecule has 0 aromatic heterocycles. The van der Waals surface area contributed by atoms with Gasteiger partial charge in [0, 0.05) is 12.6 Å². The molecule has 10 heteroatoms. The van der Waals surface area contributed by atoms with Crippen molar-refractivity contribution in [3.8, 4) is 0 Å². The third-order valence-corrected chi connectivity index (χ3v) is 5.08. The summed E-state index contributed by atoms with van der Waals surface area (Å²) in [7, 11) is -2.69. The molecule has 1 fully saturated rings. The molecule has 1 aliphatic heterocycles. The van der Waals surface area contributed by atoms with Crippen LogP contribution in [-0.2, 0) is 14.8 Å². The maximum atomic E-state index is 14.0. The Labute approximate surface area is 144 Å². The van der Waals surface area contributed by atoms with Gasteiger partial charge in [-0.15, -0.1) is 4.99 Å². The molecule has 1 saturated heterocycles. The summed E-state index contributed by atoms with van der Waals surface area (Å²) in [5.74, 6) is -2.32. The molecular formula is C15H19F2N3O4S. The van der Waals surface area contributed by atoms with Gasteiger partial charge < -0.3 is 10.1 Å². The first kappa shape index (κ1) is 19.1. The van der Waals surface area contributed by atoms with Gasteiger partial charge in [0.2, 0.25) is 16.0 Å². The second-order valence-corrected chi connectivity index (χ2v) is 8.57. The van der Waals surface area contributed by atoms with Gasteiger partial charge in [0.25, 0.3) is 0 Å². The number of carbonyl (C=O) groups excluding carboxylic acids is 1. The number of carbonyl (C=O) groups is 1. The Morgan fingerprint density at radius 3 is 2.60 bits per heavy atom. The maximum absolute atomic E-state index is 14.0. The number of amides is 1. The van der Waals surface area contributed by atoms with Crippen LogP contribution < -0.4 is 5.32 Å². The maximum Gasteiger partial charge on any atom is 0.437 e. The Morgan fingerprint density at radius 2 is 2.00 bits per heavy atom. The summed E-state index contributed by atoms with van der Waals surface area (Å²) in [5, 5.41) is 2.65. The summed E-state index contributed by atoms with van der Waals surface area (Å²) in [4.78, 5) is 15.4. The van der Waals surface area contributed by atoms with Gasteiger partial charge >= 0.3 is 6.09 Å². The summed E-state index contributed by atoms with van der Waals surface area (Å²) in [6.07, 6.45) is -1.00. The van der Waals surface area contributed by atoms with Crippen LogP contribution in [0.4, 0.5) is 13.6 Å². The summed E-state index contributed by atoms with van der Waals surface area (Å²) < 4.78 is 57.7. The minimum Gasteiger partial charge on any atom is -0.442 e. The third kappa shape index (κ3) is 4.65. The van der Waals surface area contributed by atoms with Crippen LogP contribution in [0.3, 0.4) is 0 Å². The van der Waals surface area contributed by atoms with Crippen molar-refractivity contribution in [1.29, 1.82) is 0 Å². The molecule has 0 unspecified atom stereocenters. The van der Waals surface area contributed by atoms with E-state index in [0.29, 0.717) is 0 Å². The third-order valence-electron chi connectivity index (χ3n) is 3.32. The summed E-state index contributed by atoms with van der Waals surface area (Å²) >= 11 is 0. The highest BCUT2D eigenvalue weighted by molar-refractivity contribution is 7.89. The normalized spacial score (nSPS) is 21.8. The fourth-order valence-corrected chi connectivity index (χ4v) is 3.43. The van der Waals surface area contributed by atoms with Gasteiger partial charge in [-0.25, -0.2) is 26.3 Å². The van der Waals surface area contributed by atoms with Crippen molar-refractivity contribution in [3.63, 3.8) is 0 Å². The Kier molecular flexibility index (Phi) is 5.03. The Morgan fingerprint density at radius 1 is 1.36 bits per heavy atom. The van der Waals surface area contributed by atoms with Crippen molar-refractivity contribution >= 4 is 22.1 Å². The minimum absolute atomic E-state index is 0.173. The fraction of sp³-hybridized carbons (Fsp3) is 0.467. The molecule has 138 valence electrons. The Balaban J connectivity index is 2.38. The van der Waals surface area contributed by atoms with E-state index >= 15 is 0 Å². The van der Waals surface area contributed by atoms with Crippen LogP contribution in [0.1, 0.15) is 32.4 Å². The topological polar surface area (TPSA) is 88.1 Å². The second kappa shape index (κ2) is 6.58. The molecular weight excluding hydrogens is 356 g/mol. The van der Waals surface area contributed by atoms with E-state index in [1.54, 1.807) is 20.8 Å². The molecule has 1 amide bonds. The Hall–Kier alpha value is -2.23. The van der Waals surface area contributed by atoms with E-state index in [-0.39, 0.29) is 11.5 Å². The summed E-state index contributed by atoms with van der Waals surface area (Å²) in [5.41, 5.74) is -0.991. The van der Waals surface area contributed by atoms with Crippen LogP contribution in [0.25, 0.3) is 0 Å². The van der Waals surface area contributed by atoms with Gasteiger partial charge in [0.1, 0.15) is 17.2 Å². The van der Waals surface area contributed by atoms with Crippen LogP contribution in [0.5, 0.6) is 0 Å². The number of halogens is 2. The highest BCUT2D eigenvalue weighted by Gasteiger charge is 2.36. The van der Waals surface area contributed by atoms with Crippen molar-refractivity contribution in [2.75, 3.05) is 12.8 Å².